The molecular weight excluding hydrogens is 268 g/mol. The van der Waals surface area contributed by atoms with E-state index in [9.17, 15) is 4.79 Å². The molecule has 0 aromatic heterocycles. The lowest BCUT2D eigenvalue weighted by atomic mass is 10.4. The Labute approximate surface area is 127 Å². The molecule has 0 radical (unpaired) electrons. The van der Waals surface area contributed by atoms with E-state index in [0.29, 0.717) is 26.2 Å². The minimum absolute atomic E-state index is 0.187. The molecule has 21 heavy (non-hydrogen) atoms. The van der Waals surface area contributed by atoms with Gasteiger partial charge < -0.3 is 20.7 Å². The zero-order valence-electron chi connectivity index (χ0n) is 13.0. The summed E-state index contributed by atoms with van der Waals surface area (Å²) in [7, 11) is 0. The summed E-state index contributed by atoms with van der Waals surface area (Å²) in [6, 6.07) is 0. The molecule has 2 aliphatic carbocycles. The summed E-state index contributed by atoms with van der Waals surface area (Å²) in [5.41, 5.74) is 0. The minimum atomic E-state index is 0.187. The summed E-state index contributed by atoms with van der Waals surface area (Å²) in [6.45, 7) is 6.40. The number of guanidine groups is 1. The molecule has 0 aliphatic heterocycles. The number of rotatable bonds is 10. The Hall–Kier alpha value is -1.30. The van der Waals surface area contributed by atoms with Crippen molar-refractivity contribution in [2.75, 3.05) is 39.4 Å². The molecule has 0 unspecified atom stereocenters. The maximum Gasteiger partial charge on any atom is 0.223 e. The molecule has 2 rings (SSSR count). The Balaban J connectivity index is 1.52. The molecule has 0 aromatic carbocycles. The second-order valence-corrected chi connectivity index (χ2v) is 5.77. The molecule has 0 bridgehead atoms. The molecule has 3 N–H and O–H groups in total. The number of carbonyl (C=O) groups is 1. The number of aliphatic imine (C=N–C) groups is 1. The van der Waals surface area contributed by atoms with E-state index >= 15 is 0 Å². The number of hydrogen-bond acceptors (Lipinski definition) is 3. The molecule has 0 saturated heterocycles. The molecule has 1 amide bonds. The van der Waals surface area contributed by atoms with Crippen molar-refractivity contribution in [2.45, 2.75) is 32.6 Å². The van der Waals surface area contributed by atoms with Gasteiger partial charge in [0.2, 0.25) is 5.91 Å². The Kier molecular flexibility index (Phi) is 6.79. The van der Waals surface area contributed by atoms with Crippen molar-refractivity contribution >= 4 is 11.9 Å². The van der Waals surface area contributed by atoms with Crippen molar-refractivity contribution in [2.24, 2.45) is 16.8 Å². The standard InChI is InChI=1S/C15H28N4O2/c1-2-16-15(19-9-10-21-11-12-3-4-12)18-8-7-17-14(20)13-5-6-13/h12-13H,2-11H2,1H3,(H,17,20)(H2,16,18,19). The Morgan fingerprint density at radius 1 is 1.14 bits per heavy atom. The van der Waals surface area contributed by atoms with E-state index in [2.05, 4.69) is 20.9 Å². The van der Waals surface area contributed by atoms with Crippen molar-refractivity contribution in [3.05, 3.63) is 0 Å². The van der Waals surface area contributed by atoms with Crippen LogP contribution in [0.1, 0.15) is 32.6 Å². The van der Waals surface area contributed by atoms with E-state index < -0.39 is 0 Å². The van der Waals surface area contributed by atoms with Crippen LogP contribution >= 0.6 is 0 Å². The lowest BCUT2D eigenvalue weighted by Gasteiger charge is -2.11. The fourth-order valence-corrected chi connectivity index (χ4v) is 1.95. The van der Waals surface area contributed by atoms with Gasteiger partial charge in [0, 0.05) is 32.2 Å². The fraction of sp³-hybridized carbons (Fsp3) is 0.867. The van der Waals surface area contributed by atoms with Gasteiger partial charge in [0.1, 0.15) is 0 Å². The monoisotopic (exact) mass is 296 g/mol. The predicted molar refractivity (Wildman–Crippen MR) is 83.3 cm³/mol. The topological polar surface area (TPSA) is 74.8 Å². The number of nitrogens with one attached hydrogen (secondary N) is 3. The summed E-state index contributed by atoms with van der Waals surface area (Å²) in [5, 5.41) is 9.33. The molecule has 6 heteroatoms. The van der Waals surface area contributed by atoms with Crippen LogP contribution < -0.4 is 16.0 Å². The van der Waals surface area contributed by atoms with E-state index in [-0.39, 0.29) is 11.8 Å². The molecular formula is C15H28N4O2. The van der Waals surface area contributed by atoms with Gasteiger partial charge in [0.25, 0.3) is 0 Å². The first-order valence-electron chi connectivity index (χ1n) is 8.17. The third-order valence-electron chi connectivity index (χ3n) is 3.57. The van der Waals surface area contributed by atoms with Crippen LogP contribution in [0.4, 0.5) is 0 Å². The zero-order chi connectivity index (χ0) is 14.9. The van der Waals surface area contributed by atoms with Crippen LogP contribution in [0, 0.1) is 11.8 Å². The number of nitrogens with zero attached hydrogens (tertiary/aromatic N) is 1. The van der Waals surface area contributed by atoms with E-state index in [4.69, 9.17) is 4.74 Å². The molecule has 0 atom stereocenters. The highest BCUT2D eigenvalue weighted by Crippen LogP contribution is 2.29. The summed E-state index contributed by atoms with van der Waals surface area (Å²) in [6.07, 6.45) is 4.73. The van der Waals surface area contributed by atoms with Gasteiger partial charge in [0.15, 0.2) is 5.96 Å². The average molecular weight is 296 g/mol. The molecule has 2 fully saturated rings. The average Bonchev–Trinajstić information content (AvgIpc) is 3.36. The quantitative estimate of drug-likeness (QED) is 0.312. The Morgan fingerprint density at radius 2 is 1.90 bits per heavy atom. The Bertz CT molecular complexity index is 352. The normalized spacial score (nSPS) is 18.4. The van der Waals surface area contributed by atoms with Crippen LogP contribution in [0.5, 0.6) is 0 Å². The summed E-state index contributed by atoms with van der Waals surface area (Å²) >= 11 is 0. The second kappa shape index (κ2) is 8.87. The summed E-state index contributed by atoms with van der Waals surface area (Å²) < 4.78 is 5.56. The molecule has 0 spiro atoms. The van der Waals surface area contributed by atoms with Gasteiger partial charge in [-0.3, -0.25) is 9.79 Å². The Morgan fingerprint density at radius 3 is 2.57 bits per heavy atom. The second-order valence-electron chi connectivity index (χ2n) is 5.77. The van der Waals surface area contributed by atoms with Crippen molar-refractivity contribution in [3.8, 4) is 0 Å². The van der Waals surface area contributed by atoms with Gasteiger partial charge in [-0.15, -0.1) is 0 Å². The minimum Gasteiger partial charge on any atom is -0.379 e. The van der Waals surface area contributed by atoms with Crippen molar-refractivity contribution < 1.29 is 9.53 Å². The molecule has 0 aromatic rings. The highest BCUT2D eigenvalue weighted by atomic mass is 16.5. The van der Waals surface area contributed by atoms with Gasteiger partial charge >= 0.3 is 0 Å². The van der Waals surface area contributed by atoms with Crippen LogP contribution in [-0.2, 0) is 9.53 Å². The van der Waals surface area contributed by atoms with Crippen LogP contribution in [0.25, 0.3) is 0 Å². The first-order valence-corrected chi connectivity index (χ1v) is 8.17. The van der Waals surface area contributed by atoms with E-state index in [1.807, 2.05) is 6.92 Å². The van der Waals surface area contributed by atoms with Crippen LogP contribution in [0.3, 0.4) is 0 Å². The lowest BCUT2D eigenvalue weighted by Crippen LogP contribution is -2.42. The number of ether oxygens (including phenoxy) is 1. The molecule has 0 heterocycles. The number of amides is 1. The molecule has 6 nitrogen and oxygen atoms in total. The van der Waals surface area contributed by atoms with Crippen molar-refractivity contribution in [1.82, 2.24) is 16.0 Å². The summed E-state index contributed by atoms with van der Waals surface area (Å²) in [5.74, 6) is 2.05. The van der Waals surface area contributed by atoms with Gasteiger partial charge in [0.05, 0.1) is 13.2 Å². The highest BCUT2D eigenvalue weighted by Gasteiger charge is 2.28. The first kappa shape index (κ1) is 16.1. The predicted octanol–water partition coefficient (Wildman–Crippen LogP) is 0.494. The largest absolute Gasteiger partial charge is 0.379 e. The third-order valence-corrected chi connectivity index (χ3v) is 3.57. The maximum atomic E-state index is 11.5. The smallest absolute Gasteiger partial charge is 0.223 e. The lowest BCUT2D eigenvalue weighted by molar-refractivity contribution is -0.122. The van der Waals surface area contributed by atoms with Crippen LogP contribution in [0.15, 0.2) is 4.99 Å². The van der Waals surface area contributed by atoms with Gasteiger partial charge in [-0.1, -0.05) is 0 Å². The number of hydrogen-bond donors (Lipinski definition) is 3. The molecule has 2 aliphatic rings. The van der Waals surface area contributed by atoms with Gasteiger partial charge in [-0.2, -0.15) is 0 Å². The van der Waals surface area contributed by atoms with E-state index in [1.165, 1.54) is 12.8 Å². The zero-order valence-corrected chi connectivity index (χ0v) is 13.0. The third kappa shape index (κ3) is 7.32. The molecule has 120 valence electrons. The summed E-state index contributed by atoms with van der Waals surface area (Å²) in [4.78, 5) is 15.9. The van der Waals surface area contributed by atoms with E-state index in [1.54, 1.807) is 0 Å². The fourth-order valence-electron chi connectivity index (χ4n) is 1.95. The van der Waals surface area contributed by atoms with Gasteiger partial charge in [-0.05, 0) is 38.5 Å². The number of carbonyl (C=O) groups excluding carboxylic acids is 1. The van der Waals surface area contributed by atoms with Crippen LogP contribution in [-0.4, -0.2) is 51.3 Å². The van der Waals surface area contributed by atoms with Crippen LogP contribution in [0.2, 0.25) is 0 Å². The SMILES string of the molecule is CCNC(=NCCOCC1CC1)NCCNC(=O)C1CC1. The maximum absolute atomic E-state index is 11.5. The van der Waals surface area contributed by atoms with Crippen molar-refractivity contribution in [3.63, 3.8) is 0 Å². The van der Waals surface area contributed by atoms with Gasteiger partial charge in [-0.25, -0.2) is 0 Å². The van der Waals surface area contributed by atoms with Crippen molar-refractivity contribution in [1.29, 1.82) is 0 Å². The van der Waals surface area contributed by atoms with E-state index in [0.717, 1.165) is 37.9 Å². The first-order chi connectivity index (χ1) is 10.3. The molecule has 2 saturated carbocycles. The highest BCUT2D eigenvalue weighted by molar-refractivity contribution is 5.81.